The molecule has 0 spiro atoms. The van der Waals surface area contributed by atoms with Gasteiger partial charge in [-0.15, -0.1) is 0 Å². The van der Waals surface area contributed by atoms with Crippen LogP contribution in [0.4, 0.5) is 5.69 Å². The van der Waals surface area contributed by atoms with Crippen LogP contribution in [0.3, 0.4) is 0 Å². The highest BCUT2D eigenvalue weighted by Gasteiger charge is 2.20. The second-order valence-corrected chi connectivity index (χ2v) is 4.14. The average molecular weight is 236 g/mol. The molecule has 0 saturated carbocycles. The third-order valence-corrected chi connectivity index (χ3v) is 2.95. The molecule has 0 aromatic carbocycles. The molecule has 1 aliphatic rings. The highest BCUT2D eigenvalue weighted by molar-refractivity contribution is 5.78. The maximum atomic E-state index is 11.8. The van der Waals surface area contributed by atoms with Gasteiger partial charge in [0, 0.05) is 12.6 Å². The van der Waals surface area contributed by atoms with Crippen LogP contribution < -0.4 is 16.6 Å². The summed E-state index contributed by atoms with van der Waals surface area (Å²) in [6, 6.07) is 0.835. The molecule has 0 saturated heterocycles. The molecule has 1 aliphatic heterocycles. The van der Waals surface area contributed by atoms with E-state index in [-0.39, 0.29) is 5.56 Å². The van der Waals surface area contributed by atoms with E-state index in [2.05, 4.69) is 10.4 Å². The maximum absolute atomic E-state index is 11.8. The zero-order chi connectivity index (χ0) is 12.4. The molecule has 3 N–H and O–H groups in total. The van der Waals surface area contributed by atoms with Crippen LogP contribution in [0.15, 0.2) is 10.9 Å². The van der Waals surface area contributed by atoms with E-state index in [0.29, 0.717) is 6.42 Å². The molecule has 0 bridgehead atoms. The minimum Gasteiger partial charge on any atom is -0.383 e. The van der Waals surface area contributed by atoms with Gasteiger partial charge in [-0.05, 0) is 19.3 Å². The molecule has 1 amide bonds. The van der Waals surface area contributed by atoms with Gasteiger partial charge in [0.1, 0.15) is 6.04 Å². The molecule has 1 unspecified atom stereocenters. The van der Waals surface area contributed by atoms with Crippen LogP contribution in [0.25, 0.3) is 0 Å². The molecular formula is C11H16N4O2. The van der Waals surface area contributed by atoms with Crippen molar-refractivity contribution >= 4 is 11.6 Å². The Morgan fingerprint density at radius 1 is 1.71 bits per heavy atom. The number of hydrogen-bond donors (Lipinski definition) is 2. The number of amides is 1. The summed E-state index contributed by atoms with van der Waals surface area (Å²) in [7, 11) is 0. The lowest BCUT2D eigenvalue weighted by molar-refractivity contribution is -0.121. The molecule has 2 rings (SSSR count). The second kappa shape index (κ2) is 4.57. The Labute approximate surface area is 98.8 Å². The summed E-state index contributed by atoms with van der Waals surface area (Å²) in [6.07, 6.45) is 2.26. The number of nitrogens with one attached hydrogen (secondary N) is 1. The van der Waals surface area contributed by atoms with Gasteiger partial charge in [-0.25, -0.2) is 4.68 Å². The molecule has 1 aromatic rings. The van der Waals surface area contributed by atoms with E-state index >= 15 is 0 Å². The molecule has 1 aromatic heterocycles. The van der Waals surface area contributed by atoms with E-state index in [1.54, 1.807) is 6.92 Å². The Balaban J connectivity index is 2.47. The van der Waals surface area contributed by atoms with Crippen molar-refractivity contribution in [3.63, 3.8) is 0 Å². The highest BCUT2D eigenvalue weighted by Crippen LogP contribution is 2.18. The molecule has 1 atom stereocenters. The lowest BCUT2D eigenvalue weighted by Gasteiger charge is -2.20. The van der Waals surface area contributed by atoms with Crippen molar-refractivity contribution in [3.05, 3.63) is 22.1 Å². The smallest absolute Gasteiger partial charge is 0.269 e. The number of anilines is 1. The maximum Gasteiger partial charge on any atom is 0.269 e. The van der Waals surface area contributed by atoms with Crippen molar-refractivity contribution in [1.82, 2.24) is 9.78 Å². The summed E-state index contributed by atoms with van der Waals surface area (Å²) in [5.41, 5.74) is 6.59. The number of carbonyl (C=O) groups is 1. The lowest BCUT2D eigenvalue weighted by atomic mass is 10.1. The molecular weight excluding hydrogens is 220 g/mol. The predicted octanol–water partition coefficient (Wildman–Crippen LogP) is 0.0378. The number of aromatic nitrogens is 2. The van der Waals surface area contributed by atoms with Crippen molar-refractivity contribution in [2.24, 2.45) is 5.73 Å². The Hall–Kier alpha value is -1.85. The van der Waals surface area contributed by atoms with Crippen molar-refractivity contribution in [3.8, 4) is 0 Å². The Kier molecular flexibility index (Phi) is 3.12. The summed E-state index contributed by atoms with van der Waals surface area (Å²) in [6.45, 7) is 2.66. The van der Waals surface area contributed by atoms with Gasteiger partial charge in [0.05, 0.1) is 11.4 Å². The number of primary amides is 1. The van der Waals surface area contributed by atoms with Crippen LogP contribution in [-0.2, 0) is 11.2 Å². The zero-order valence-corrected chi connectivity index (χ0v) is 9.77. The third-order valence-electron chi connectivity index (χ3n) is 2.95. The lowest BCUT2D eigenvalue weighted by Crippen LogP contribution is -2.36. The SMILES string of the molecule is CCC(C(N)=O)n1nc2c(cc1=O)NCCC2. The quantitative estimate of drug-likeness (QED) is 0.775. The van der Waals surface area contributed by atoms with Gasteiger partial charge in [-0.3, -0.25) is 9.59 Å². The van der Waals surface area contributed by atoms with Gasteiger partial charge < -0.3 is 11.1 Å². The summed E-state index contributed by atoms with van der Waals surface area (Å²) in [4.78, 5) is 23.1. The van der Waals surface area contributed by atoms with Gasteiger partial charge in [0.15, 0.2) is 0 Å². The molecule has 0 aliphatic carbocycles. The molecule has 6 nitrogen and oxygen atoms in total. The first-order valence-corrected chi connectivity index (χ1v) is 5.79. The first kappa shape index (κ1) is 11.6. The van der Waals surface area contributed by atoms with E-state index in [1.807, 2.05) is 0 Å². The number of nitrogens with zero attached hydrogens (tertiary/aromatic N) is 2. The van der Waals surface area contributed by atoms with Crippen LogP contribution in [-0.4, -0.2) is 22.2 Å². The zero-order valence-electron chi connectivity index (χ0n) is 9.77. The Morgan fingerprint density at radius 2 is 2.47 bits per heavy atom. The third kappa shape index (κ3) is 2.15. The van der Waals surface area contributed by atoms with Crippen molar-refractivity contribution < 1.29 is 4.79 Å². The topological polar surface area (TPSA) is 90.0 Å². The van der Waals surface area contributed by atoms with E-state index < -0.39 is 11.9 Å². The Bertz CT molecular complexity index is 495. The second-order valence-electron chi connectivity index (χ2n) is 4.14. The number of rotatable bonds is 3. The number of hydrogen-bond acceptors (Lipinski definition) is 4. The van der Waals surface area contributed by atoms with Gasteiger partial charge in [0.25, 0.3) is 5.56 Å². The molecule has 2 heterocycles. The fourth-order valence-electron chi connectivity index (χ4n) is 2.04. The van der Waals surface area contributed by atoms with E-state index in [1.165, 1.54) is 10.7 Å². The summed E-state index contributed by atoms with van der Waals surface area (Å²) < 4.78 is 1.20. The largest absolute Gasteiger partial charge is 0.383 e. The van der Waals surface area contributed by atoms with Gasteiger partial charge in [-0.1, -0.05) is 6.92 Å². The van der Waals surface area contributed by atoms with E-state index in [0.717, 1.165) is 30.8 Å². The minimum atomic E-state index is -0.658. The number of carbonyl (C=O) groups excluding carboxylic acids is 1. The van der Waals surface area contributed by atoms with Crippen LogP contribution >= 0.6 is 0 Å². The first-order chi connectivity index (χ1) is 8.13. The van der Waals surface area contributed by atoms with Crippen molar-refractivity contribution in [2.75, 3.05) is 11.9 Å². The molecule has 0 fully saturated rings. The average Bonchev–Trinajstić information content (AvgIpc) is 2.30. The minimum absolute atomic E-state index is 0.288. The molecule has 6 heteroatoms. The van der Waals surface area contributed by atoms with Crippen LogP contribution in [0, 0.1) is 0 Å². The Morgan fingerprint density at radius 3 is 3.12 bits per heavy atom. The first-order valence-electron chi connectivity index (χ1n) is 5.79. The monoisotopic (exact) mass is 236 g/mol. The number of fused-ring (bicyclic) bond motifs is 1. The van der Waals surface area contributed by atoms with E-state index in [4.69, 9.17) is 5.73 Å². The van der Waals surface area contributed by atoms with Crippen molar-refractivity contribution in [2.45, 2.75) is 32.2 Å². The van der Waals surface area contributed by atoms with E-state index in [9.17, 15) is 9.59 Å². The fraction of sp³-hybridized carbons (Fsp3) is 0.545. The molecule has 0 radical (unpaired) electrons. The summed E-state index contributed by atoms with van der Waals surface area (Å²) in [5, 5.41) is 7.37. The van der Waals surface area contributed by atoms with Crippen LogP contribution in [0.2, 0.25) is 0 Å². The summed E-state index contributed by atoms with van der Waals surface area (Å²) in [5.74, 6) is -0.522. The van der Waals surface area contributed by atoms with Gasteiger partial charge in [0.2, 0.25) is 5.91 Å². The van der Waals surface area contributed by atoms with Gasteiger partial charge >= 0.3 is 0 Å². The normalized spacial score (nSPS) is 15.8. The summed E-state index contributed by atoms with van der Waals surface area (Å²) >= 11 is 0. The van der Waals surface area contributed by atoms with Crippen LogP contribution in [0.5, 0.6) is 0 Å². The number of aryl methyl sites for hydroxylation is 1. The van der Waals surface area contributed by atoms with Gasteiger partial charge in [-0.2, -0.15) is 5.10 Å². The molecule has 92 valence electrons. The van der Waals surface area contributed by atoms with Crippen molar-refractivity contribution in [1.29, 1.82) is 0 Å². The molecule has 17 heavy (non-hydrogen) atoms. The number of nitrogens with two attached hydrogens (primary N) is 1. The predicted molar refractivity (Wildman–Crippen MR) is 63.8 cm³/mol. The van der Waals surface area contributed by atoms with Crippen LogP contribution in [0.1, 0.15) is 31.5 Å². The highest BCUT2D eigenvalue weighted by atomic mass is 16.2. The standard InChI is InChI=1S/C11H16N4O2/c1-2-9(11(12)17)15-10(16)6-8-7(14-15)4-3-5-13-8/h6,9,13H,2-5H2,1H3,(H2,12,17). The fourth-order valence-corrected chi connectivity index (χ4v) is 2.04.